The molecule has 0 radical (unpaired) electrons. The zero-order valence-corrected chi connectivity index (χ0v) is 10.9. The van der Waals surface area contributed by atoms with Gasteiger partial charge < -0.3 is 5.11 Å². The average Bonchev–Trinajstić information content (AvgIpc) is 2.51. The van der Waals surface area contributed by atoms with E-state index < -0.39 is 5.97 Å². The number of hydrogen-bond acceptors (Lipinski definition) is 3. The van der Waals surface area contributed by atoms with Crippen LogP contribution in [-0.2, 0) is 10.5 Å². The van der Waals surface area contributed by atoms with Crippen LogP contribution < -0.4 is 0 Å². The maximum absolute atomic E-state index is 10.5. The molecule has 0 spiro atoms. The molecule has 1 N–H and O–H groups in total. The fraction of sp³-hybridized carbons (Fsp3) is 0.444. The van der Waals surface area contributed by atoms with Gasteiger partial charge in [0.15, 0.2) is 0 Å². The molecule has 0 amide bonds. The number of halogens is 1. The summed E-state index contributed by atoms with van der Waals surface area (Å²) in [4.78, 5) is 11.8. The number of thiophene rings is 1. The maximum Gasteiger partial charge on any atom is 0.307 e. The molecule has 1 aromatic heterocycles. The van der Waals surface area contributed by atoms with Crippen molar-refractivity contribution >= 4 is 45.0 Å². The van der Waals surface area contributed by atoms with Crippen molar-refractivity contribution in [2.45, 2.75) is 12.7 Å². The molecule has 0 aromatic carbocycles. The number of rotatable bonds is 5. The Labute approximate surface area is 99.8 Å². The van der Waals surface area contributed by atoms with Crippen molar-refractivity contribution in [3.8, 4) is 0 Å². The molecule has 78 valence electrons. The molecule has 0 saturated carbocycles. The van der Waals surface area contributed by atoms with E-state index in [4.69, 9.17) is 5.11 Å². The van der Waals surface area contributed by atoms with Crippen LogP contribution in [0.5, 0.6) is 0 Å². The van der Waals surface area contributed by atoms with Crippen molar-refractivity contribution in [1.82, 2.24) is 0 Å². The Kier molecular flexibility index (Phi) is 4.98. The Balaban J connectivity index is 2.25. The van der Waals surface area contributed by atoms with Crippen molar-refractivity contribution in [2.24, 2.45) is 5.92 Å². The Bertz CT molecular complexity index is 312. The molecule has 0 aliphatic heterocycles. The molecule has 1 unspecified atom stereocenters. The first-order chi connectivity index (χ1) is 6.59. The molecule has 1 heterocycles. The van der Waals surface area contributed by atoms with Gasteiger partial charge in [-0.15, -0.1) is 11.3 Å². The molecule has 0 fully saturated rings. The first-order valence-corrected chi connectivity index (χ1v) is 6.91. The lowest BCUT2D eigenvalue weighted by Crippen LogP contribution is -2.11. The van der Waals surface area contributed by atoms with E-state index in [1.54, 1.807) is 30.0 Å². The molecular weight excluding hydrogens is 284 g/mol. The lowest BCUT2D eigenvalue weighted by atomic mass is 10.2. The van der Waals surface area contributed by atoms with Crippen LogP contribution in [0.1, 0.15) is 11.8 Å². The van der Waals surface area contributed by atoms with Crippen LogP contribution in [0.2, 0.25) is 0 Å². The third-order valence-electron chi connectivity index (χ3n) is 1.66. The van der Waals surface area contributed by atoms with E-state index in [9.17, 15) is 4.79 Å². The predicted molar refractivity (Wildman–Crippen MR) is 65.0 cm³/mol. The van der Waals surface area contributed by atoms with Gasteiger partial charge in [0.25, 0.3) is 0 Å². The predicted octanol–water partition coefficient (Wildman–Crippen LogP) is 3.46. The minimum Gasteiger partial charge on any atom is -0.481 e. The lowest BCUT2D eigenvalue weighted by molar-refractivity contribution is -0.140. The number of carboxylic acid groups (broad SMARTS) is 1. The zero-order valence-electron chi connectivity index (χ0n) is 7.70. The van der Waals surface area contributed by atoms with Crippen LogP contribution in [0.4, 0.5) is 0 Å². The number of thioether (sulfide) groups is 1. The zero-order chi connectivity index (χ0) is 10.6. The minimum atomic E-state index is -0.718. The summed E-state index contributed by atoms with van der Waals surface area (Å²) in [5, 5.41) is 8.67. The molecular formula is C9H11BrO2S2. The van der Waals surface area contributed by atoms with Crippen molar-refractivity contribution in [1.29, 1.82) is 0 Å². The fourth-order valence-electron chi connectivity index (χ4n) is 0.837. The monoisotopic (exact) mass is 294 g/mol. The van der Waals surface area contributed by atoms with Crippen molar-refractivity contribution in [3.63, 3.8) is 0 Å². The van der Waals surface area contributed by atoms with Crippen LogP contribution in [-0.4, -0.2) is 16.8 Å². The van der Waals surface area contributed by atoms with E-state index in [1.165, 1.54) is 4.88 Å². The molecule has 5 heteroatoms. The first-order valence-electron chi connectivity index (χ1n) is 4.14. The van der Waals surface area contributed by atoms with E-state index in [2.05, 4.69) is 22.0 Å². The molecule has 0 aliphatic carbocycles. The van der Waals surface area contributed by atoms with Gasteiger partial charge >= 0.3 is 5.97 Å². The summed E-state index contributed by atoms with van der Waals surface area (Å²) in [7, 11) is 0. The largest absolute Gasteiger partial charge is 0.481 e. The highest BCUT2D eigenvalue weighted by Crippen LogP contribution is 2.26. The Morgan fingerprint density at radius 3 is 2.93 bits per heavy atom. The highest BCUT2D eigenvalue weighted by atomic mass is 79.9. The van der Waals surface area contributed by atoms with Crippen LogP contribution in [0, 0.1) is 5.92 Å². The summed E-state index contributed by atoms with van der Waals surface area (Å²) >= 11 is 6.75. The van der Waals surface area contributed by atoms with Gasteiger partial charge in [-0.05, 0) is 28.1 Å². The number of hydrogen-bond donors (Lipinski definition) is 1. The second-order valence-corrected chi connectivity index (χ2v) is 6.54. The lowest BCUT2D eigenvalue weighted by Gasteiger charge is -2.03. The van der Waals surface area contributed by atoms with Crippen LogP contribution >= 0.6 is 39.0 Å². The van der Waals surface area contributed by atoms with Gasteiger partial charge in [-0.1, -0.05) is 6.92 Å². The van der Waals surface area contributed by atoms with Crippen molar-refractivity contribution in [3.05, 3.63) is 20.8 Å². The third-order valence-corrected chi connectivity index (χ3v) is 4.72. The normalized spacial score (nSPS) is 12.7. The molecule has 0 bridgehead atoms. The molecule has 14 heavy (non-hydrogen) atoms. The summed E-state index contributed by atoms with van der Waals surface area (Å²) in [6.45, 7) is 1.74. The molecule has 1 atom stereocenters. The van der Waals surface area contributed by atoms with E-state index in [1.807, 2.05) is 6.07 Å². The van der Waals surface area contributed by atoms with E-state index >= 15 is 0 Å². The van der Waals surface area contributed by atoms with Crippen LogP contribution in [0.3, 0.4) is 0 Å². The van der Waals surface area contributed by atoms with Gasteiger partial charge in [0.1, 0.15) is 0 Å². The molecule has 1 rings (SSSR count). The molecule has 0 aliphatic rings. The van der Waals surface area contributed by atoms with E-state index in [-0.39, 0.29) is 5.92 Å². The van der Waals surface area contributed by atoms with Gasteiger partial charge in [0.05, 0.1) is 9.70 Å². The summed E-state index contributed by atoms with van der Waals surface area (Å²) in [6, 6.07) is 4.08. The second kappa shape index (κ2) is 5.78. The SMILES string of the molecule is CC(CSCc1ccc(Br)s1)C(=O)O. The highest BCUT2D eigenvalue weighted by Gasteiger charge is 2.10. The van der Waals surface area contributed by atoms with Gasteiger partial charge in [-0.3, -0.25) is 4.79 Å². The maximum atomic E-state index is 10.5. The van der Waals surface area contributed by atoms with Crippen molar-refractivity contribution in [2.75, 3.05) is 5.75 Å². The van der Waals surface area contributed by atoms with Crippen LogP contribution in [0.15, 0.2) is 15.9 Å². The molecule has 1 aromatic rings. The highest BCUT2D eigenvalue weighted by molar-refractivity contribution is 9.11. The third kappa shape index (κ3) is 4.02. The fourth-order valence-corrected chi connectivity index (χ4v) is 3.51. The van der Waals surface area contributed by atoms with Crippen molar-refractivity contribution < 1.29 is 9.90 Å². The van der Waals surface area contributed by atoms with Gasteiger partial charge in [0.2, 0.25) is 0 Å². The Morgan fingerprint density at radius 2 is 2.43 bits per heavy atom. The number of carboxylic acids is 1. The minimum absolute atomic E-state index is 0.261. The van der Waals surface area contributed by atoms with Gasteiger partial charge in [-0.2, -0.15) is 11.8 Å². The molecule has 0 saturated heterocycles. The van der Waals surface area contributed by atoms with E-state index in [0.29, 0.717) is 5.75 Å². The standard InChI is InChI=1S/C9H11BrO2S2/c1-6(9(11)12)4-13-5-7-2-3-8(10)14-7/h2-3,6H,4-5H2,1H3,(H,11,12). The summed E-state index contributed by atoms with van der Waals surface area (Å²) in [6.07, 6.45) is 0. The number of carbonyl (C=O) groups is 1. The summed E-state index contributed by atoms with van der Waals surface area (Å²) < 4.78 is 1.12. The smallest absolute Gasteiger partial charge is 0.307 e. The van der Waals surface area contributed by atoms with Crippen LogP contribution in [0.25, 0.3) is 0 Å². The Hall–Kier alpha value is -0.000000000000000111. The number of aliphatic carboxylic acids is 1. The Morgan fingerprint density at radius 1 is 1.71 bits per heavy atom. The average molecular weight is 295 g/mol. The topological polar surface area (TPSA) is 37.3 Å². The summed E-state index contributed by atoms with van der Waals surface area (Å²) in [5.41, 5.74) is 0. The second-order valence-electron chi connectivity index (χ2n) is 2.96. The van der Waals surface area contributed by atoms with Gasteiger partial charge in [-0.25, -0.2) is 0 Å². The van der Waals surface area contributed by atoms with Gasteiger partial charge in [0, 0.05) is 16.4 Å². The van der Waals surface area contributed by atoms with E-state index in [0.717, 1.165) is 9.54 Å². The first kappa shape index (κ1) is 12.1. The summed E-state index contributed by atoms with van der Waals surface area (Å²) in [5.74, 6) is 0.590. The molecule has 2 nitrogen and oxygen atoms in total. The quantitative estimate of drug-likeness (QED) is 0.904.